The summed E-state index contributed by atoms with van der Waals surface area (Å²) in [6.07, 6.45) is 6.85. The second-order valence-corrected chi connectivity index (χ2v) is 9.66. The summed E-state index contributed by atoms with van der Waals surface area (Å²) in [5.41, 5.74) is 8.10. The van der Waals surface area contributed by atoms with Crippen LogP contribution >= 0.6 is 12.4 Å². The van der Waals surface area contributed by atoms with E-state index in [1.165, 1.54) is 57.2 Å². The molecule has 7 heteroatoms. The fraction of sp³-hybridized carbons (Fsp3) is 0.429. The lowest BCUT2D eigenvalue weighted by atomic mass is 9.93. The Labute approximate surface area is 212 Å². The molecule has 0 spiro atoms. The van der Waals surface area contributed by atoms with Gasteiger partial charge in [-0.1, -0.05) is 12.8 Å². The van der Waals surface area contributed by atoms with E-state index in [1.54, 1.807) is 14.2 Å². The average molecular weight is 495 g/mol. The molecule has 0 saturated heterocycles. The molecule has 2 unspecified atom stereocenters. The molecule has 186 valence electrons. The van der Waals surface area contributed by atoms with E-state index in [0.29, 0.717) is 12.1 Å². The molecule has 0 bridgehead atoms. The highest BCUT2D eigenvalue weighted by Gasteiger charge is 2.26. The largest absolute Gasteiger partial charge is 0.497 e. The van der Waals surface area contributed by atoms with Crippen molar-refractivity contribution >= 4 is 34.2 Å². The number of aromatic nitrogens is 2. The van der Waals surface area contributed by atoms with Crippen molar-refractivity contribution < 1.29 is 9.47 Å². The first-order valence-electron chi connectivity index (χ1n) is 12.6. The topological polar surface area (TPSA) is 74.1 Å². The van der Waals surface area contributed by atoms with E-state index in [2.05, 4.69) is 44.9 Å². The molecule has 2 aliphatic rings. The van der Waals surface area contributed by atoms with Gasteiger partial charge in [0.25, 0.3) is 0 Å². The minimum absolute atomic E-state index is 0. The molecule has 6 nitrogen and oxygen atoms in total. The molecule has 0 amide bonds. The van der Waals surface area contributed by atoms with Gasteiger partial charge in [0.2, 0.25) is 0 Å². The number of hydrogen-bond acceptors (Lipinski definition) is 4. The Morgan fingerprint density at radius 1 is 0.714 bits per heavy atom. The average Bonchev–Trinajstić information content (AvgIpc) is 3.44. The van der Waals surface area contributed by atoms with Crippen molar-refractivity contribution in [3.63, 3.8) is 0 Å². The monoisotopic (exact) mass is 494 g/mol. The first kappa shape index (κ1) is 24.0. The number of nitrogens with one attached hydrogen (secondary N) is 4. The number of aromatic amines is 2. The van der Waals surface area contributed by atoms with Gasteiger partial charge in [-0.2, -0.15) is 0 Å². The summed E-state index contributed by atoms with van der Waals surface area (Å²) in [4.78, 5) is 7.40. The lowest BCUT2D eigenvalue weighted by Crippen LogP contribution is -2.30. The van der Waals surface area contributed by atoms with Crippen molar-refractivity contribution in [2.24, 2.45) is 0 Å². The first-order chi connectivity index (χ1) is 16.7. The van der Waals surface area contributed by atoms with Gasteiger partial charge in [-0.25, -0.2) is 0 Å². The molecular formula is C28H35ClN4O2. The van der Waals surface area contributed by atoms with Crippen LogP contribution in [0.15, 0.2) is 36.4 Å². The maximum absolute atomic E-state index is 5.46. The number of benzene rings is 2. The standard InChI is InChI=1S/C28H34N4O2.ClH/c1-33-17-7-9-23-21(15-17)19-11-13-29-25(27(19)31-23)5-3-4-6-26-28-20(12-14-30-26)22-16-18(34-2)8-10-24(22)32-28;/h7-10,15-16,25-26,29-32H,3-6,11-14H2,1-2H3;1H. The van der Waals surface area contributed by atoms with Crippen molar-refractivity contribution in [1.29, 1.82) is 0 Å². The Hall–Kier alpha value is -2.67. The lowest BCUT2D eigenvalue weighted by molar-refractivity contribution is 0.412. The van der Waals surface area contributed by atoms with Crippen LogP contribution in [0.2, 0.25) is 0 Å². The molecule has 2 aromatic heterocycles. The zero-order chi connectivity index (χ0) is 23.1. The van der Waals surface area contributed by atoms with Crippen LogP contribution in [-0.4, -0.2) is 37.3 Å². The smallest absolute Gasteiger partial charge is 0.119 e. The number of H-pyrrole nitrogens is 2. The third-order valence-corrected chi connectivity index (χ3v) is 7.76. The number of halogens is 1. The zero-order valence-electron chi connectivity index (χ0n) is 20.5. The molecule has 4 aromatic rings. The van der Waals surface area contributed by atoms with Gasteiger partial charge in [0.05, 0.1) is 14.2 Å². The highest BCUT2D eigenvalue weighted by Crippen LogP contribution is 2.36. The Bertz CT molecular complexity index is 1230. The zero-order valence-corrected chi connectivity index (χ0v) is 21.3. The van der Waals surface area contributed by atoms with Crippen LogP contribution in [0, 0.1) is 0 Å². The van der Waals surface area contributed by atoms with Crippen LogP contribution in [0.3, 0.4) is 0 Å². The molecule has 0 aliphatic carbocycles. The van der Waals surface area contributed by atoms with Crippen molar-refractivity contribution in [2.45, 2.75) is 50.6 Å². The fourth-order valence-electron chi connectivity index (χ4n) is 6.02. The molecule has 4 heterocycles. The van der Waals surface area contributed by atoms with Crippen LogP contribution in [-0.2, 0) is 12.8 Å². The van der Waals surface area contributed by atoms with Crippen molar-refractivity contribution in [3.8, 4) is 11.5 Å². The van der Waals surface area contributed by atoms with Crippen molar-refractivity contribution in [2.75, 3.05) is 27.3 Å². The third kappa shape index (κ3) is 4.39. The molecule has 0 saturated carbocycles. The molecule has 0 fully saturated rings. The molecule has 2 atom stereocenters. The molecule has 2 aliphatic heterocycles. The minimum atomic E-state index is 0. The van der Waals surface area contributed by atoms with Crippen LogP contribution in [0.4, 0.5) is 0 Å². The summed E-state index contributed by atoms with van der Waals surface area (Å²) in [6, 6.07) is 13.5. The predicted octanol–water partition coefficient (Wildman–Crippen LogP) is 5.72. The summed E-state index contributed by atoms with van der Waals surface area (Å²) >= 11 is 0. The first-order valence-corrected chi connectivity index (χ1v) is 12.6. The van der Waals surface area contributed by atoms with Crippen LogP contribution < -0.4 is 20.1 Å². The third-order valence-electron chi connectivity index (χ3n) is 7.76. The van der Waals surface area contributed by atoms with E-state index in [-0.39, 0.29) is 12.4 Å². The number of hydrogen-bond donors (Lipinski definition) is 4. The van der Waals surface area contributed by atoms with Crippen LogP contribution in [0.5, 0.6) is 11.5 Å². The Balaban J connectivity index is 0.00000253. The number of ether oxygens (including phenoxy) is 2. The van der Waals surface area contributed by atoms with E-state index in [4.69, 9.17) is 9.47 Å². The maximum atomic E-state index is 5.46. The molecule has 0 radical (unpaired) electrons. The predicted molar refractivity (Wildman–Crippen MR) is 144 cm³/mol. The second-order valence-electron chi connectivity index (χ2n) is 9.66. The highest BCUT2D eigenvalue weighted by atomic mass is 35.5. The number of unbranched alkanes of at least 4 members (excludes halogenated alkanes) is 1. The van der Waals surface area contributed by atoms with Gasteiger partial charge in [0, 0.05) is 45.3 Å². The summed E-state index contributed by atoms with van der Waals surface area (Å²) in [7, 11) is 3.48. The fourth-order valence-corrected chi connectivity index (χ4v) is 6.02. The quantitative estimate of drug-likeness (QED) is 0.248. The number of rotatable bonds is 7. The Morgan fingerprint density at radius 3 is 1.60 bits per heavy atom. The normalized spacial score (nSPS) is 19.3. The highest BCUT2D eigenvalue weighted by molar-refractivity contribution is 5.87. The van der Waals surface area contributed by atoms with Gasteiger partial charge < -0.3 is 30.1 Å². The Morgan fingerprint density at radius 2 is 1.17 bits per heavy atom. The second kappa shape index (κ2) is 10.1. The van der Waals surface area contributed by atoms with Crippen molar-refractivity contribution in [3.05, 3.63) is 58.9 Å². The number of methoxy groups -OCH3 is 2. The summed E-state index contributed by atoms with van der Waals surface area (Å²) in [5.74, 6) is 1.86. The molecular weight excluding hydrogens is 460 g/mol. The van der Waals surface area contributed by atoms with Gasteiger partial charge in [-0.15, -0.1) is 12.4 Å². The van der Waals surface area contributed by atoms with Crippen LogP contribution in [0.1, 0.15) is 60.3 Å². The van der Waals surface area contributed by atoms with E-state index >= 15 is 0 Å². The van der Waals surface area contributed by atoms with E-state index < -0.39 is 0 Å². The van der Waals surface area contributed by atoms with Crippen molar-refractivity contribution in [1.82, 2.24) is 20.6 Å². The number of fused-ring (bicyclic) bond motifs is 6. The van der Waals surface area contributed by atoms with Gasteiger partial charge in [-0.05, 0) is 86.3 Å². The van der Waals surface area contributed by atoms with Gasteiger partial charge in [-0.3, -0.25) is 0 Å². The van der Waals surface area contributed by atoms with Crippen LogP contribution in [0.25, 0.3) is 21.8 Å². The molecule has 4 N–H and O–H groups in total. The van der Waals surface area contributed by atoms with Gasteiger partial charge >= 0.3 is 0 Å². The SMILES string of the molecule is COc1ccc2[nH]c3c(c2c1)CCNC3CCCCC1NCCc2c1[nH]c1ccc(OC)cc21.Cl. The summed E-state index contributed by atoms with van der Waals surface area (Å²) < 4.78 is 10.9. The summed E-state index contributed by atoms with van der Waals surface area (Å²) in [5, 5.41) is 10.1. The van der Waals surface area contributed by atoms with E-state index in [0.717, 1.165) is 50.3 Å². The minimum Gasteiger partial charge on any atom is -0.497 e. The molecule has 6 rings (SSSR count). The van der Waals surface area contributed by atoms with E-state index in [1.807, 2.05) is 12.1 Å². The van der Waals surface area contributed by atoms with E-state index in [9.17, 15) is 0 Å². The van der Waals surface area contributed by atoms with Gasteiger partial charge in [0.15, 0.2) is 0 Å². The lowest BCUT2D eigenvalue weighted by Gasteiger charge is -2.26. The van der Waals surface area contributed by atoms with Gasteiger partial charge in [0.1, 0.15) is 11.5 Å². The summed E-state index contributed by atoms with van der Waals surface area (Å²) in [6.45, 7) is 2.07. The molecule has 35 heavy (non-hydrogen) atoms. The molecule has 2 aromatic carbocycles. The Kier molecular flexibility index (Phi) is 6.96. The maximum Gasteiger partial charge on any atom is 0.119 e.